The van der Waals surface area contributed by atoms with Gasteiger partial charge in [-0.1, -0.05) is 18.2 Å². The third-order valence-corrected chi connectivity index (χ3v) is 6.06. The maximum Gasteiger partial charge on any atom is 0.222 e. The van der Waals surface area contributed by atoms with Gasteiger partial charge < -0.3 is 9.64 Å². The lowest BCUT2D eigenvalue weighted by molar-refractivity contribution is -0.130. The summed E-state index contributed by atoms with van der Waals surface area (Å²) >= 11 is 0. The molecule has 2 fully saturated rings. The van der Waals surface area contributed by atoms with Gasteiger partial charge in [0.05, 0.1) is 0 Å². The normalized spacial score (nSPS) is 21.2. The van der Waals surface area contributed by atoms with Gasteiger partial charge >= 0.3 is 0 Å². The first-order chi connectivity index (χ1) is 14.1. The van der Waals surface area contributed by atoms with Gasteiger partial charge in [0.1, 0.15) is 11.6 Å². The lowest BCUT2D eigenvalue weighted by Crippen LogP contribution is -2.49. The second-order valence-electron chi connectivity index (χ2n) is 8.19. The fraction of sp³-hybridized carbons (Fsp3) is 0.522. The van der Waals surface area contributed by atoms with Crippen molar-refractivity contribution >= 4 is 5.91 Å². The minimum atomic E-state index is 0.194. The molecule has 1 atom stereocenters. The van der Waals surface area contributed by atoms with Crippen molar-refractivity contribution in [2.75, 3.05) is 26.2 Å². The fourth-order valence-corrected chi connectivity index (χ4v) is 4.50. The van der Waals surface area contributed by atoms with Crippen LogP contribution in [0.4, 0.5) is 0 Å². The maximum atomic E-state index is 11.6. The first-order valence-corrected chi connectivity index (χ1v) is 10.7. The van der Waals surface area contributed by atoms with Crippen molar-refractivity contribution in [3.63, 3.8) is 0 Å². The van der Waals surface area contributed by atoms with Crippen molar-refractivity contribution in [2.24, 2.45) is 0 Å². The van der Waals surface area contributed by atoms with Crippen LogP contribution in [0.5, 0.6) is 11.6 Å². The van der Waals surface area contributed by atoms with Crippen molar-refractivity contribution < 1.29 is 9.53 Å². The van der Waals surface area contributed by atoms with Crippen LogP contribution in [0, 0.1) is 6.92 Å². The van der Waals surface area contributed by atoms with E-state index in [1.54, 1.807) is 6.92 Å². The summed E-state index contributed by atoms with van der Waals surface area (Å²) in [7, 11) is 0. The van der Waals surface area contributed by atoms with E-state index < -0.39 is 0 Å². The van der Waals surface area contributed by atoms with Gasteiger partial charge in [-0.25, -0.2) is 4.98 Å². The monoisotopic (exact) mass is 394 g/mol. The highest BCUT2D eigenvalue weighted by Crippen LogP contribution is 2.30. The first-order valence-electron chi connectivity index (χ1n) is 10.7. The largest absolute Gasteiger partial charge is 0.439 e. The number of likely N-dealkylation sites (tertiary alicyclic amines) is 2. The van der Waals surface area contributed by atoms with Crippen molar-refractivity contribution in [1.82, 2.24) is 19.8 Å². The minimum Gasteiger partial charge on any atom is -0.439 e. The summed E-state index contributed by atoms with van der Waals surface area (Å²) in [6.45, 7) is 7.52. The van der Waals surface area contributed by atoms with E-state index in [0.29, 0.717) is 17.8 Å². The van der Waals surface area contributed by atoms with Gasteiger partial charge in [-0.2, -0.15) is 4.98 Å². The molecule has 2 saturated heterocycles. The molecule has 29 heavy (non-hydrogen) atoms. The Morgan fingerprint density at radius 3 is 2.55 bits per heavy atom. The number of aromatic nitrogens is 2. The van der Waals surface area contributed by atoms with Crippen molar-refractivity contribution in [2.45, 2.75) is 51.5 Å². The molecule has 1 aromatic carbocycles. The Hall–Kier alpha value is -2.47. The zero-order chi connectivity index (χ0) is 20.2. The van der Waals surface area contributed by atoms with Crippen LogP contribution in [0.1, 0.15) is 50.0 Å². The number of piperidine rings is 2. The number of hydrogen-bond acceptors (Lipinski definition) is 5. The van der Waals surface area contributed by atoms with Gasteiger partial charge in [0.2, 0.25) is 11.8 Å². The van der Waals surface area contributed by atoms with Gasteiger partial charge in [-0.05, 0) is 51.3 Å². The maximum absolute atomic E-state index is 11.6. The van der Waals surface area contributed by atoms with Gasteiger partial charge in [-0.3, -0.25) is 9.69 Å². The molecular formula is C23H30N4O2. The lowest BCUT2D eigenvalue weighted by atomic mass is 9.93. The summed E-state index contributed by atoms with van der Waals surface area (Å²) in [5, 5.41) is 0. The molecule has 6 heteroatoms. The van der Waals surface area contributed by atoms with Gasteiger partial charge in [0.15, 0.2) is 0 Å². The molecule has 0 saturated carbocycles. The number of aryl methyl sites for hydroxylation is 1. The highest BCUT2D eigenvalue weighted by atomic mass is 16.5. The summed E-state index contributed by atoms with van der Waals surface area (Å²) < 4.78 is 5.97. The predicted molar refractivity (Wildman–Crippen MR) is 112 cm³/mol. The number of carbonyl (C=O) groups is 1. The fourth-order valence-electron chi connectivity index (χ4n) is 4.50. The molecule has 6 nitrogen and oxygen atoms in total. The Labute approximate surface area is 172 Å². The van der Waals surface area contributed by atoms with E-state index in [1.165, 1.54) is 0 Å². The van der Waals surface area contributed by atoms with E-state index >= 15 is 0 Å². The number of para-hydroxylation sites is 1. The molecule has 0 N–H and O–H groups in total. The Balaban J connectivity index is 1.43. The molecule has 0 radical (unpaired) electrons. The first kappa shape index (κ1) is 19.8. The average Bonchev–Trinajstić information content (AvgIpc) is 2.74. The predicted octanol–water partition coefficient (Wildman–Crippen LogP) is 3.77. The number of hydrogen-bond donors (Lipinski definition) is 0. The molecular weight excluding hydrogens is 364 g/mol. The Kier molecular flexibility index (Phi) is 6.09. The molecule has 1 amide bonds. The smallest absolute Gasteiger partial charge is 0.222 e. The van der Waals surface area contributed by atoms with E-state index in [1.807, 2.05) is 48.2 Å². The van der Waals surface area contributed by atoms with Crippen molar-refractivity contribution in [3.8, 4) is 11.6 Å². The zero-order valence-corrected chi connectivity index (χ0v) is 17.4. The van der Waals surface area contributed by atoms with Crippen molar-refractivity contribution in [3.05, 3.63) is 47.9 Å². The summed E-state index contributed by atoms with van der Waals surface area (Å²) in [6.07, 6.45) is 4.38. The van der Waals surface area contributed by atoms with E-state index in [0.717, 1.165) is 69.1 Å². The van der Waals surface area contributed by atoms with Crippen LogP contribution in [0.25, 0.3) is 0 Å². The molecule has 4 rings (SSSR count). The quantitative estimate of drug-likeness (QED) is 0.790. The van der Waals surface area contributed by atoms with Crippen LogP contribution in [0.3, 0.4) is 0 Å². The highest BCUT2D eigenvalue weighted by Gasteiger charge is 2.31. The molecule has 3 heterocycles. The Morgan fingerprint density at radius 2 is 1.83 bits per heavy atom. The molecule has 0 spiro atoms. The topological polar surface area (TPSA) is 58.6 Å². The van der Waals surface area contributed by atoms with Crippen LogP contribution >= 0.6 is 0 Å². The molecule has 1 aromatic heterocycles. The van der Waals surface area contributed by atoms with Crippen LogP contribution in [-0.2, 0) is 4.79 Å². The number of carbonyl (C=O) groups excluding carboxylic acids is 1. The van der Waals surface area contributed by atoms with E-state index in [4.69, 9.17) is 14.7 Å². The standard InChI is InChI=1S/C23H30N4O2/c1-17-15-22(29-21-8-4-3-5-9-21)25-23(24-17)19-7-6-12-27(16-19)20-10-13-26(14-11-20)18(2)28/h3-5,8-9,15,19-20H,6-7,10-14,16H2,1-2H3. The number of amides is 1. The molecule has 2 aliphatic heterocycles. The number of rotatable bonds is 4. The lowest BCUT2D eigenvalue weighted by Gasteiger charge is -2.42. The van der Waals surface area contributed by atoms with Gasteiger partial charge in [0.25, 0.3) is 0 Å². The summed E-state index contributed by atoms with van der Waals surface area (Å²) in [5.41, 5.74) is 0.938. The van der Waals surface area contributed by atoms with E-state index in [-0.39, 0.29) is 5.91 Å². The molecule has 2 aliphatic rings. The third-order valence-electron chi connectivity index (χ3n) is 6.06. The summed E-state index contributed by atoms with van der Waals surface area (Å²) in [6, 6.07) is 12.2. The highest BCUT2D eigenvalue weighted by molar-refractivity contribution is 5.73. The molecule has 154 valence electrons. The summed E-state index contributed by atoms with van der Waals surface area (Å²) in [5.74, 6) is 2.82. The molecule has 0 aliphatic carbocycles. The SMILES string of the molecule is CC(=O)N1CCC(N2CCCC(c3nc(C)cc(Oc4ccccc4)n3)C2)CC1. The van der Waals surface area contributed by atoms with Gasteiger partial charge in [0, 0.05) is 50.3 Å². The van der Waals surface area contributed by atoms with Gasteiger partial charge in [-0.15, -0.1) is 0 Å². The average molecular weight is 395 g/mol. The van der Waals surface area contributed by atoms with Crippen LogP contribution in [-0.4, -0.2) is 57.9 Å². The van der Waals surface area contributed by atoms with Crippen LogP contribution < -0.4 is 4.74 Å². The third kappa shape index (κ3) is 4.93. The molecule has 1 unspecified atom stereocenters. The van der Waals surface area contributed by atoms with Crippen LogP contribution in [0.15, 0.2) is 36.4 Å². The second-order valence-corrected chi connectivity index (χ2v) is 8.19. The summed E-state index contributed by atoms with van der Waals surface area (Å²) in [4.78, 5) is 25.7. The van der Waals surface area contributed by atoms with E-state index in [2.05, 4.69) is 4.90 Å². The van der Waals surface area contributed by atoms with E-state index in [9.17, 15) is 4.79 Å². The van der Waals surface area contributed by atoms with Crippen molar-refractivity contribution in [1.29, 1.82) is 0 Å². The Morgan fingerprint density at radius 1 is 1.07 bits per heavy atom. The number of nitrogens with zero attached hydrogens (tertiary/aromatic N) is 4. The van der Waals surface area contributed by atoms with Crippen LogP contribution in [0.2, 0.25) is 0 Å². The Bertz CT molecular complexity index is 834. The zero-order valence-electron chi connectivity index (χ0n) is 17.4. The minimum absolute atomic E-state index is 0.194. The molecule has 2 aromatic rings. The number of ether oxygens (including phenoxy) is 1. The molecule has 0 bridgehead atoms. The number of benzene rings is 1. The second kappa shape index (κ2) is 8.91.